The van der Waals surface area contributed by atoms with Crippen molar-refractivity contribution in [3.63, 3.8) is 0 Å². The number of allylic oxidation sites excluding steroid dienone is 1. The number of fused-ring (bicyclic) bond motifs is 3. The molecule has 0 aliphatic carbocycles. The third-order valence-electron chi connectivity index (χ3n) is 7.28. The second-order valence-corrected chi connectivity index (χ2v) is 11.5. The van der Waals surface area contributed by atoms with Crippen molar-refractivity contribution >= 4 is 15.9 Å². The molecule has 2 aromatic carbocycles. The Balaban J connectivity index is 1.23. The van der Waals surface area contributed by atoms with E-state index in [0.29, 0.717) is 25.3 Å². The lowest BCUT2D eigenvalue weighted by Crippen LogP contribution is -2.48. The first kappa shape index (κ1) is 24.0. The summed E-state index contributed by atoms with van der Waals surface area (Å²) in [6.07, 6.45) is 3.51. The number of nitrogens with zero attached hydrogens (tertiary/aromatic N) is 2. The maximum atomic E-state index is 14.1. The monoisotopic (exact) mass is 505 g/mol. The van der Waals surface area contributed by atoms with Crippen molar-refractivity contribution in [2.75, 3.05) is 5.75 Å². The highest BCUT2D eigenvalue weighted by Crippen LogP contribution is 2.40. The van der Waals surface area contributed by atoms with E-state index in [0.717, 1.165) is 22.9 Å². The first-order chi connectivity index (χ1) is 16.6. The fraction of sp³-hybridized carbons (Fsp3) is 0.400. The van der Waals surface area contributed by atoms with Crippen LogP contribution < -0.4 is 5.73 Å². The standard InChI is InChI=1S/C25H26F3N3O3S/c26-21-11-23(28)22(27)9-17(21)10-24(29)18-7-19-5-6-20(8-18)31(19)25(32)14-35(33,34)30-12-15-3-1-2-4-16(15)13-30/h1-5,9,11,18,20,24H,6-8,10,12-14,29H2/t18?,20-,24?/m0/s1. The maximum absolute atomic E-state index is 14.1. The third-order valence-corrected chi connectivity index (χ3v) is 8.93. The lowest BCUT2D eigenvalue weighted by molar-refractivity contribution is -0.129. The van der Waals surface area contributed by atoms with Gasteiger partial charge in [0.05, 0.1) is 0 Å². The zero-order valence-corrected chi connectivity index (χ0v) is 19.8. The Morgan fingerprint density at radius 3 is 2.37 bits per heavy atom. The molecule has 0 radical (unpaired) electrons. The number of hydrogen-bond acceptors (Lipinski definition) is 4. The number of benzene rings is 2. The van der Waals surface area contributed by atoms with Crippen LogP contribution in [-0.4, -0.2) is 41.4 Å². The molecule has 0 spiro atoms. The summed E-state index contributed by atoms with van der Waals surface area (Å²) in [7, 11) is -3.80. The van der Waals surface area contributed by atoms with Gasteiger partial charge in [0, 0.05) is 36.9 Å². The van der Waals surface area contributed by atoms with E-state index in [9.17, 15) is 26.4 Å². The molecular weight excluding hydrogens is 479 g/mol. The lowest BCUT2D eigenvalue weighted by Gasteiger charge is -2.39. The summed E-state index contributed by atoms with van der Waals surface area (Å²) in [5, 5.41) is 0. The summed E-state index contributed by atoms with van der Waals surface area (Å²) in [4.78, 5) is 14.7. The highest BCUT2D eigenvalue weighted by molar-refractivity contribution is 7.89. The molecule has 0 aromatic heterocycles. The van der Waals surface area contributed by atoms with Crippen molar-refractivity contribution < 1.29 is 26.4 Å². The van der Waals surface area contributed by atoms with E-state index < -0.39 is 45.2 Å². The number of carbonyl (C=O) groups excluding carboxylic acids is 1. The molecule has 2 aromatic rings. The second-order valence-electron chi connectivity index (χ2n) is 9.57. The molecule has 10 heteroatoms. The van der Waals surface area contributed by atoms with Crippen LogP contribution in [0.4, 0.5) is 13.2 Å². The molecule has 1 amide bonds. The molecule has 3 aliphatic rings. The van der Waals surface area contributed by atoms with Crippen LogP contribution in [0, 0.1) is 23.4 Å². The van der Waals surface area contributed by atoms with Gasteiger partial charge in [0.15, 0.2) is 11.6 Å². The number of hydrogen-bond donors (Lipinski definition) is 1. The van der Waals surface area contributed by atoms with E-state index in [1.54, 1.807) is 4.90 Å². The third kappa shape index (κ3) is 4.62. The topological polar surface area (TPSA) is 83.7 Å². The highest BCUT2D eigenvalue weighted by atomic mass is 32.2. The summed E-state index contributed by atoms with van der Waals surface area (Å²) in [5.74, 6) is -4.39. The van der Waals surface area contributed by atoms with Crippen molar-refractivity contribution in [1.29, 1.82) is 0 Å². The van der Waals surface area contributed by atoms with Crippen LogP contribution in [0.5, 0.6) is 0 Å². The van der Waals surface area contributed by atoms with Gasteiger partial charge >= 0.3 is 0 Å². The molecule has 6 nitrogen and oxygen atoms in total. The predicted octanol–water partition coefficient (Wildman–Crippen LogP) is 3.21. The number of rotatable bonds is 6. The summed E-state index contributed by atoms with van der Waals surface area (Å²) < 4.78 is 68.2. The molecular formula is C25H26F3N3O3S. The Kier molecular flexibility index (Phi) is 6.23. The van der Waals surface area contributed by atoms with E-state index in [-0.39, 0.29) is 37.0 Å². The van der Waals surface area contributed by atoms with Gasteiger partial charge in [-0.15, -0.1) is 0 Å². The quantitative estimate of drug-likeness (QED) is 0.612. The molecule has 5 rings (SSSR count). The first-order valence-corrected chi connectivity index (χ1v) is 13.2. The van der Waals surface area contributed by atoms with Crippen molar-refractivity contribution in [2.45, 2.75) is 50.9 Å². The molecule has 1 saturated heterocycles. The zero-order chi connectivity index (χ0) is 24.9. The Bertz CT molecular complexity index is 1290. The summed E-state index contributed by atoms with van der Waals surface area (Å²) >= 11 is 0. The zero-order valence-electron chi connectivity index (χ0n) is 19.0. The van der Waals surface area contributed by atoms with Crippen LogP contribution >= 0.6 is 0 Å². The van der Waals surface area contributed by atoms with Crippen molar-refractivity contribution in [1.82, 2.24) is 9.21 Å². The Hall–Kier alpha value is -2.69. The largest absolute Gasteiger partial charge is 0.327 e. The van der Waals surface area contributed by atoms with Crippen molar-refractivity contribution in [3.05, 3.63) is 82.3 Å². The SMILES string of the molecule is NC(Cc1cc(F)c(F)cc1F)C1CC2=CC[C@@H](C1)N2C(=O)CS(=O)(=O)N1Cc2ccccc2C1. The van der Waals surface area contributed by atoms with E-state index in [1.165, 1.54) is 4.31 Å². The van der Waals surface area contributed by atoms with Crippen molar-refractivity contribution in [3.8, 4) is 0 Å². The van der Waals surface area contributed by atoms with Gasteiger partial charge in [-0.05, 0) is 54.4 Å². The average Bonchev–Trinajstić information content (AvgIpc) is 3.36. The molecule has 186 valence electrons. The molecule has 2 bridgehead atoms. The minimum absolute atomic E-state index is 0.00827. The van der Waals surface area contributed by atoms with Gasteiger partial charge < -0.3 is 10.6 Å². The van der Waals surface area contributed by atoms with E-state index >= 15 is 0 Å². The van der Waals surface area contributed by atoms with Gasteiger partial charge in [-0.1, -0.05) is 30.3 Å². The van der Waals surface area contributed by atoms with Crippen LogP contribution in [0.3, 0.4) is 0 Å². The van der Waals surface area contributed by atoms with Crippen LogP contribution in [0.2, 0.25) is 0 Å². The van der Waals surface area contributed by atoms with Gasteiger partial charge in [-0.25, -0.2) is 21.6 Å². The van der Waals surface area contributed by atoms with Crippen LogP contribution in [0.25, 0.3) is 0 Å². The number of nitrogens with two attached hydrogens (primary N) is 1. The van der Waals surface area contributed by atoms with E-state index in [2.05, 4.69) is 0 Å². The van der Waals surface area contributed by atoms with Crippen molar-refractivity contribution in [2.24, 2.45) is 11.7 Å². The second kappa shape index (κ2) is 9.07. The fourth-order valence-electron chi connectivity index (χ4n) is 5.44. The molecule has 1 fully saturated rings. The summed E-state index contributed by atoms with van der Waals surface area (Å²) in [5.41, 5.74) is 8.94. The Labute approximate surface area is 202 Å². The molecule has 3 aliphatic heterocycles. The van der Waals surface area contributed by atoms with Gasteiger partial charge in [0.2, 0.25) is 15.9 Å². The van der Waals surface area contributed by atoms with E-state index in [4.69, 9.17) is 5.73 Å². The van der Waals surface area contributed by atoms with E-state index in [1.807, 2.05) is 30.3 Å². The minimum atomic E-state index is -3.80. The number of amides is 1. The minimum Gasteiger partial charge on any atom is -0.327 e. The Morgan fingerprint density at radius 2 is 1.71 bits per heavy atom. The van der Waals surface area contributed by atoms with Gasteiger partial charge in [-0.3, -0.25) is 4.79 Å². The van der Waals surface area contributed by atoms with Gasteiger partial charge in [0.25, 0.3) is 0 Å². The number of sulfonamides is 1. The average molecular weight is 506 g/mol. The predicted molar refractivity (Wildman–Crippen MR) is 124 cm³/mol. The van der Waals surface area contributed by atoms with Crippen LogP contribution in [-0.2, 0) is 34.3 Å². The fourth-order valence-corrected chi connectivity index (χ4v) is 6.75. The van der Waals surface area contributed by atoms with Gasteiger partial charge in [-0.2, -0.15) is 4.31 Å². The lowest BCUT2D eigenvalue weighted by atomic mass is 9.83. The summed E-state index contributed by atoms with van der Waals surface area (Å²) in [6.45, 7) is 0.519. The maximum Gasteiger partial charge on any atom is 0.243 e. The normalized spacial score (nSPS) is 22.7. The molecule has 0 saturated carbocycles. The van der Waals surface area contributed by atoms with Crippen LogP contribution in [0.1, 0.15) is 36.0 Å². The highest BCUT2D eigenvalue weighted by Gasteiger charge is 2.42. The molecule has 3 heterocycles. The molecule has 35 heavy (non-hydrogen) atoms. The first-order valence-electron chi connectivity index (χ1n) is 11.6. The molecule has 2 N–H and O–H groups in total. The number of halogens is 3. The number of piperidine rings is 1. The van der Waals surface area contributed by atoms with Crippen LogP contribution in [0.15, 0.2) is 48.2 Å². The molecule has 3 atom stereocenters. The Morgan fingerprint density at radius 1 is 1.06 bits per heavy atom. The number of carbonyl (C=O) groups is 1. The summed E-state index contributed by atoms with van der Waals surface area (Å²) in [6, 6.07) is 8.10. The van der Waals surface area contributed by atoms with Gasteiger partial charge in [0.1, 0.15) is 11.6 Å². The smallest absolute Gasteiger partial charge is 0.243 e. The molecule has 2 unspecified atom stereocenters.